The number of fused-ring (bicyclic) bond motifs is 2. The maximum Gasteiger partial charge on any atom is 0.280 e. The van der Waals surface area contributed by atoms with Crippen LogP contribution < -0.4 is 14.3 Å². The molecule has 5 nitrogen and oxygen atoms in total. The van der Waals surface area contributed by atoms with Crippen LogP contribution in [-0.2, 0) is 6.54 Å². The summed E-state index contributed by atoms with van der Waals surface area (Å²) in [5.74, 6) is 1.23. The van der Waals surface area contributed by atoms with E-state index in [9.17, 15) is 4.79 Å². The Kier molecular flexibility index (Phi) is 4.82. The number of benzene rings is 2. The summed E-state index contributed by atoms with van der Waals surface area (Å²) in [7, 11) is 0. The average Bonchev–Trinajstić information content (AvgIpc) is 2.96. The van der Waals surface area contributed by atoms with E-state index in [4.69, 9.17) is 9.47 Å². The Morgan fingerprint density at radius 3 is 2.69 bits per heavy atom. The van der Waals surface area contributed by atoms with Crippen molar-refractivity contribution >= 4 is 43.4 Å². The van der Waals surface area contributed by atoms with Crippen molar-refractivity contribution in [3.05, 3.63) is 51.2 Å². The molecule has 134 valence electrons. The number of aryl methyl sites for hydroxylation is 1. The molecule has 0 fully saturated rings. The lowest BCUT2D eigenvalue weighted by molar-refractivity contribution is 0.0997. The van der Waals surface area contributed by atoms with Gasteiger partial charge in [-0.2, -0.15) is 4.99 Å². The molecule has 3 aromatic rings. The van der Waals surface area contributed by atoms with Crippen molar-refractivity contribution in [1.82, 2.24) is 4.57 Å². The second-order valence-corrected chi connectivity index (χ2v) is 7.76. The van der Waals surface area contributed by atoms with Gasteiger partial charge in [-0.3, -0.25) is 4.79 Å². The van der Waals surface area contributed by atoms with Crippen molar-refractivity contribution in [1.29, 1.82) is 0 Å². The van der Waals surface area contributed by atoms with Gasteiger partial charge in [-0.25, -0.2) is 0 Å². The Hall–Kier alpha value is -2.12. The van der Waals surface area contributed by atoms with Crippen molar-refractivity contribution in [2.75, 3.05) is 13.2 Å². The lowest BCUT2D eigenvalue weighted by Gasteiger charge is -2.18. The molecule has 1 amide bonds. The summed E-state index contributed by atoms with van der Waals surface area (Å²) in [4.78, 5) is 17.8. The highest BCUT2D eigenvalue weighted by atomic mass is 79.9. The third kappa shape index (κ3) is 3.17. The summed E-state index contributed by atoms with van der Waals surface area (Å²) in [5.41, 5.74) is 1.57. The molecule has 0 radical (unpaired) electrons. The fourth-order valence-electron chi connectivity index (χ4n) is 2.91. The number of ether oxygens (including phenoxy) is 2. The van der Waals surface area contributed by atoms with Gasteiger partial charge in [-0.15, -0.1) is 0 Å². The molecule has 0 saturated carbocycles. The summed E-state index contributed by atoms with van der Waals surface area (Å²) in [6.45, 7) is 3.99. The summed E-state index contributed by atoms with van der Waals surface area (Å²) in [5, 5.41) is 0. The van der Waals surface area contributed by atoms with Crippen LogP contribution in [0.2, 0.25) is 0 Å². The van der Waals surface area contributed by atoms with Crippen LogP contribution in [0.5, 0.6) is 11.5 Å². The smallest absolute Gasteiger partial charge is 0.280 e. The zero-order chi connectivity index (χ0) is 18.1. The minimum Gasteiger partial charge on any atom is -0.486 e. The van der Waals surface area contributed by atoms with E-state index in [2.05, 4.69) is 32.4 Å². The zero-order valence-electron chi connectivity index (χ0n) is 14.2. The fraction of sp³-hybridized carbons (Fsp3) is 0.263. The second kappa shape index (κ2) is 7.25. The van der Waals surface area contributed by atoms with Gasteiger partial charge in [-0.1, -0.05) is 30.4 Å². The lowest BCUT2D eigenvalue weighted by Crippen LogP contribution is -2.17. The molecule has 1 aliphatic rings. The highest BCUT2D eigenvalue weighted by Gasteiger charge is 2.17. The molecule has 26 heavy (non-hydrogen) atoms. The normalized spacial score (nSPS) is 14.0. The molecule has 2 aromatic carbocycles. The van der Waals surface area contributed by atoms with Crippen LogP contribution in [0.15, 0.2) is 45.9 Å². The molecule has 1 aromatic heterocycles. The summed E-state index contributed by atoms with van der Waals surface area (Å²) < 4.78 is 15.2. The van der Waals surface area contributed by atoms with Crippen molar-refractivity contribution in [2.24, 2.45) is 4.99 Å². The molecule has 2 heterocycles. The number of amides is 1. The first-order valence-electron chi connectivity index (χ1n) is 8.44. The molecule has 0 aliphatic carbocycles. The molecule has 0 unspecified atom stereocenters. The van der Waals surface area contributed by atoms with E-state index in [1.54, 1.807) is 6.07 Å². The third-order valence-corrected chi connectivity index (χ3v) is 5.83. The van der Waals surface area contributed by atoms with E-state index < -0.39 is 0 Å². The summed E-state index contributed by atoms with van der Waals surface area (Å²) in [6, 6.07) is 11.3. The number of hydrogen-bond acceptors (Lipinski definition) is 4. The number of halogens is 1. The van der Waals surface area contributed by atoms with Crippen LogP contribution in [0.1, 0.15) is 23.7 Å². The number of carbonyl (C=O) groups excluding carboxylic acids is 1. The first kappa shape index (κ1) is 17.3. The van der Waals surface area contributed by atoms with Gasteiger partial charge in [-0.05, 0) is 34.5 Å². The van der Waals surface area contributed by atoms with E-state index in [0.29, 0.717) is 23.6 Å². The molecule has 0 N–H and O–H groups in total. The Balaban J connectivity index is 1.87. The van der Waals surface area contributed by atoms with Gasteiger partial charge >= 0.3 is 0 Å². The predicted molar refractivity (Wildman–Crippen MR) is 105 cm³/mol. The van der Waals surface area contributed by atoms with E-state index >= 15 is 0 Å². The quantitative estimate of drug-likeness (QED) is 0.616. The van der Waals surface area contributed by atoms with Gasteiger partial charge in [0, 0.05) is 23.2 Å². The number of hydrogen-bond donors (Lipinski definition) is 0. The van der Waals surface area contributed by atoms with E-state index in [0.717, 1.165) is 39.2 Å². The predicted octanol–water partition coefficient (Wildman–Crippen LogP) is 4.39. The van der Waals surface area contributed by atoms with Gasteiger partial charge in [0.1, 0.15) is 13.2 Å². The Bertz CT molecular complexity index is 1050. The monoisotopic (exact) mass is 432 g/mol. The number of thiazole rings is 1. The standard InChI is InChI=1S/C19H17BrN2O3S/c1-2-7-22-14-10-15-16(25-9-8-24-15)11-17(14)26-19(22)21-18(23)12-5-3-4-6-13(12)20/h3-6,10-11H,2,7-9H2,1H3. The first-order chi connectivity index (χ1) is 12.7. The Morgan fingerprint density at radius 2 is 1.96 bits per heavy atom. The number of nitrogens with zero attached hydrogens (tertiary/aromatic N) is 2. The lowest BCUT2D eigenvalue weighted by atomic mass is 10.2. The molecular weight excluding hydrogens is 416 g/mol. The average molecular weight is 433 g/mol. The largest absolute Gasteiger partial charge is 0.486 e. The minimum atomic E-state index is -0.258. The van der Waals surface area contributed by atoms with Crippen molar-refractivity contribution in [3.63, 3.8) is 0 Å². The maximum absolute atomic E-state index is 12.7. The highest BCUT2D eigenvalue weighted by Crippen LogP contribution is 2.35. The first-order valence-corrected chi connectivity index (χ1v) is 10.0. The SMILES string of the molecule is CCCn1c(=NC(=O)c2ccccc2Br)sc2cc3c(cc21)OCCO3. The van der Waals surface area contributed by atoms with Crippen LogP contribution in [0, 0.1) is 0 Å². The molecule has 0 bridgehead atoms. The Morgan fingerprint density at radius 1 is 1.23 bits per heavy atom. The number of aromatic nitrogens is 1. The van der Waals surface area contributed by atoms with Crippen LogP contribution in [0.4, 0.5) is 0 Å². The van der Waals surface area contributed by atoms with E-state index in [1.165, 1.54) is 11.3 Å². The number of carbonyl (C=O) groups is 1. The molecular formula is C19H17BrN2O3S. The molecule has 7 heteroatoms. The van der Waals surface area contributed by atoms with Crippen LogP contribution in [0.3, 0.4) is 0 Å². The van der Waals surface area contributed by atoms with Gasteiger partial charge in [0.05, 0.1) is 15.8 Å². The van der Waals surface area contributed by atoms with Gasteiger partial charge in [0.25, 0.3) is 5.91 Å². The second-order valence-electron chi connectivity index (χ2n) is 5.90. The van der Waals surface area contributed by atoms with E-state index in [-0.39, 0.29) is 5.91 Å². The van der Waals surface area contributed by atoms with E-state index in [1.807, 2.05) is 30.3 Å². The van der Waals surface area contributed by atoms with Crippen LogP contribution in [0.25, 0.3) is 10.2 Å². The molecule has 0 spiro atoms. The van der Waals surface area contributed by atoms with Crippen LogP contribution >= 0.6 is 27.3 Å². The fourth-order valence-corrected chi connectivity index (χ4v) is 4.43. The van der Waals surface area contributed by atoms with Crippen LogP contribution in [-0.4, -0.2) is 23.7 Å². The topological polar surface area (TPSA) is 52.8 Å². The van der Waals surface area contributed by atoms with Crippen molar-refractivity contribution in [2.45, 2.75) is 19.9 Å². The van der Waals surface area contributed by atoms with Crippen molar-refractivity contribution in [3.8, 4) is 11.5 Å². The van der Waals surface area contributed by atoms with Gasteiger partial charge in [0.2, 0.25) is 0 Å². The Labute approximate surface area is 163 Å². The van der Waals surface area contributed by atoms with Crippen molar-refractivity contribution < 1.29 is 14.3 Å². The summed E-state index contributed by atoms with van der Waals surface area (Å²) >= 11 is 4.91. The van der Waals surface area contributed by atoms with Gasteiger partial charge < -0.3 is 14.0 Å². The molecule has 4 rings (SSSR count). The molecule has 0 atom stereocenters. The van der Waals surface area contributed by atoms with Gasteiger partial charge in [0.15, 0.2) is 16.3 Å². The highest BCUT2D eigenvalue weighted by molar-refractivity contribution is 9.10. The maximum atomic E-state index is 12.7. The molecule has 0 saturated heterocycles. The summed E-state index contributed by atoms with van der Waals surface area (Å²) in [6.07, 6.45) is 0.941. The zero-order valence-corrected chi connectivity index (χ0v) is 16.6. The molecule has 1 aliphatic heterocycles. The minimum absolute atomic E-state index is 0.258. The number of rotatable bonds is 3. The third-order valence-electron chi connectivity index (χ3n) is 4.10.